The SMILES string of the molecule is O=C(NCCCc1ccccc1)C(=O)N1CCC(CO)CC1. The molecule has 2 rings (SSSR count). The Kier molecular flexibility index (Phi) is 6.40. The smallest absolute Gasteiger partial charge is 0.311 e. The van der Waals surface area contributed by atoms with E-state index >= 15 is 0 Å². The number of carbonyl (C=O) groups is 2. The van der Waals surface area contributed by atoms with E-state index in [1.807, 2.05) is 18.2 Å². The van der Waals surface area contributed by atoms with Crippen LogP contribution in [0.3, 0.4) is 0 Å². The first-order valence-electron chi connectivity index (χ1n) is 7.92. The second-order valence-corrected chi connectivity index (χ2v) is 5.76. The third-order valence-corrected chi connectivity index (χ3v) is 4.12. The first kappa shape index (κ1) is 16.5. The van der Waals surface area contributed by atoms with Gasteiger partial charge in [0.05, 0.1) is 0 Å². The standard InChI is InChI=1S/C17H24N2O3/c20-13-15-8-11-19(12-9-15)17(22)16(21)18-10-4-7-14-5-2-1-3-6-14/h1-3,5-6,15,20H,4,7-13H2,(H,18,21). The predicted octanol–water partition coefficient (Wildman–Crippen LogP) is 0.966. The van der Waals surface area contributed by atoms with Gasteiger partial charge in [-0.05, 0) is 37.2 Å². The van der Waals surface area contributed by atoms with Gasteiger partial charge in [-0.15, -0.1) is 0 Å². The Morgan fingerprint density at radius 3 is 2.50 bits per heavy atom. The number of hydrogen-bond acceptors (Lipinski definition) is 3. The van der Waals surface area contributed by atoms with E-state index in [0.29, 0.717) is 19.6 Å². The Labute approximate surface area is 131 Å². The highest BCUT2D eigenvalue weighted by Gasteiger charge is 2.26. The molecule has 0 spiro atoms. The van der Waals surface area contributed by atoms with E-state index in [-0.39, 0.29) is 12.5 Å². The first-order valence-corrected chi connectivity index (χ1v) is 7.92. The van der Waals surface area contributed by atoms with Gasteiger partial charge in [-0.1, -0.05) is 30.3 Å². The molecule has 0 saturated carbocycles. The summed E-state index contributed by atoms with van der Waals surface area (Å²) in [5.74, 6) is -0.704. The summed E-state index contributed by atoms with van der Waals surface area (Å²) >= 11 is 0. The number of amides is 2. The summed E-state index contributed by atoms with van der Waals surface area (Å²) in [5.41, 5.74) is 1.23. The number of carbonyl (C=O) groups excluding carboxylic acids is 2. The first-order chi connectivity index (χ1) is 10.7. The van der Waals surface area contributed by atoms with Gasteiger partial charge >= 0.3 is 11.8 Å². The van der Waals surface area contributed by atoms with Crippen LogP contribution >= 0.6 is 0 Å². The molecule has 2 N–H and O–H groups in total. The van der Waals surface area contributed by atoms with Gasteiger partial charge in [-0.25, -0.2) is 0 Å². The van der Waals surface area contributed by atoms with E-state index < -0.39 is 11.8 Å². The summed E-state index contributed by atoms with van der Waals surface area (Å²) in [4.78, 5) is 25.4. The molecule has 5 heteroatoms. The van der Waals surface area contributed by atoms with Crippen LogP contribution in [0.1, 0.15) is 24.8 Å². The second kappa shape index (κ2) is 8.54. The van der Waals surface area contributed by atoms with Crippen LogP contribution in [0, 0.1) is 5.92 Å². The van der Waals surface area contributed by atoms with Crippen molar-refractivity contribution in [3.05, 3.63) is 35.9 Å². The zero-order valence-electron chi connectivity index (χ0n) is 12.8. The van der Waals surface area contributed by atoms with Crippen LogP contribution in [0.5, 0.6) is 0 Å². The summed E-state index contributed by atoms with van der Waals surface area (Å²) < 4.78 is 0. The maximum atomic E-state index is 12.0. The molecule has 0 unspecified atom stereocenters. The molecule has 120 valence electrons. The van der Waals surface area contributed by atoms with Gasteiger partial charge in [0.2, 0.25) is 0 Å². The Balaban J connectivity index is 1.65. The van der Waals surface area contributed by atoms with Crippen molar-refractivity contribution in [1.29, 1.82) is 0 Å². The van der Waals surface area contributed by atoms with Crippen LogP contribution in [0.2, 0.25) is 0 Å². The van der Waals surface area contributed by atoms with Crippen molar-refractivity contribution < 1.29 is 14.7 Å². The number of nitrogens with one attached hydrogen (secondary N) is 1. The van der Waals surface area contributed by atoms with E-state index in [4.69, 9.17) is 5.11 Å². The number of nitrogens with zero attached hydrogens (tertiary/aromatic N) is 1. The van der Waals surface area contributed by atoms with Crippen LogP contribution in [0.4, 0.5) is 0 Å². The lowest BCUT2D eigenvalue weighted by molar-refractivity contribution is -0.146. The van der Waals surface area contributed by atoms with Crippen LogP contribution in [0.25, 0.3) is 0 Å². The maximum absolute atomic E-state index is 12.0. The van der Waals surface area contributed by atoms with Crippen LogP contribution in [0.15, 0.2) is 30.3 Å². The molecule has 0 bridgehead atoms. The molecule has 22 heavy (non-hydrogen) atoms. The van der Waals surface area contributed by atoms with Gasteiger partial charge in [0, 0.05) is 26.2 Å². The summed E-state index contributed by atoms with van der Waals surface area (Å²) in [6, 6.07) is 10.1. The van der Waals surface area contributed by atoms with Crippen LogP contribution in [-0.2, 0) is 16.0 Å². The van der Waals surface area contributed by atoms with Gasteiger partial charge in [0.25, 0.3) is 0 Å². The number of aliphatic hydroxyl groups is 1. The molecule has 0 atom stereocenters. The lowest BCUT2D eigenvalue weighted by Crippen LogP contribution is -2.47. The van der Waals surface area contributed by atoms with E-state index in [1.54, 1.807) is 4.90 Å². The van der Waals surface area contributed by atoms with Crippen molar-refractivity contribution in [2.75, 3.05) is 26.2 Å². The molecular weight excluding hydrogens is 280 g/mol. The minimum absolute atomic E-state index is 0.160. The molecular formula is C17H24N2O3. The summed E-state index contributed by atoms with van der Waals surface area (Å²) in [6.07, 6.45) is 3.24. The molecule has 1 aliphatic rings. The average Bonchev–Trinajstić information content (AvgIpc) is 2.59. The second-order valence-electron chi connectivity index (χ2n) is 5.76. The fraction of sp³-hybridized carbons (Fsp3) is 0.529. The van der Waals surface area contributed by atoms with Gasteiger partial charge < -0.3 is 15.3 Å². The van der Waals surface area contributed by atoms with Gasteiger partial charge in [-0.2, -0.15) is 0 Å². The monoisotopic (exact) mass is 304 g/mol. The lowest BCUT2D eigenvalue weighted by atomic mass is 9.98. The molecule has 2 amide bonds. The highest BCUT2D eigenvalue weighted by Crippen LogP contribution is 2.16. The van der Waals surface area contributed by atoms with Crippen LogP contribution in [-0.4, -0.2) is 48.1 Å². The van der Waals surface area contributed by atoms with Crippen molar-refractivity contribution in [3.63, 3.8) is 0 Å². The van der Waals surface area contributed by atoms with Crippen molar-refractivity contribution in [2.24, 2.45) is 5.92 Å². The molecule has 0 radical (unpaired) electrons. The Morgan fingerprint density at radius 2 is 1.86 bits per heavy atom. The maximum Gasteiger partial charge on any atom is 0.311 e. The largest absolute Gasteiger partial charge is 0.396 e. The average molecular weight is 304 g/mol. The van der Waals surface area contributed by atoms with E-state index in [2.05, 4.69) is 17.4 Å². The number of hydrogen-bond donors (Lipinski definition) is 2. The van der Waals surface area contributed by atoms with Crippen molar-refractivity contribution in [2.45, 2.75) is 25.7 Å². The van der Waals surface area contributed by atoms with Crippen molar-refractivity contribution >= 4 is 11.8 Å². The molecule has 5 nitrogen and oxygen atoms in total. The quantitative estimate of drug-likeness (QED) is 0.629. The number of likely N-dealkylation sites (tertiary alicyclic amines) is 1. The van der Waals surface area contributed by atoms with Crippen LogP contribution < -0.4 is 5.32 Å². The molecule has 1 aromatic carbocycles. The molecule has 1 heterocycles. The third kappa shape index (κ3) is 4.84. The molecule has 0 aromatic heterocycles. The van der Waals surface area contributed by atoms with Gasteiger partial charge in [-0.3, -0.25) is 9.59 Å². The number of benzene rings is 1. The van der Waals surface area contributed by atoms with E-state index in [9.17, 15) is 9.59 Å². The minimum Gasteiger partial charge on any atom is -0.396 e. The fourth-order valence-corrected chi connectivity index (χ4v) is 2.68. The third-order valence-electron chi connectivity index (χ3n) is 4.12. The zero-order chi connectivity index (χ0) is 15.8. The highest BCUT2D eigenvalue weighted by molar-refractivity contribution is 6.35. The van der Waals surface area contributed by atoms with Crippen molar-refractivity contribution in [1.82, 2.24) is 10.2 Å². The van der Waals surface area contributed by atoms with Crippen molar-refractivity contribution in [3.8, 4) is 0 Å². The fourth-order valence-electron chi connectivity index (χ4n) is 2.68. The summed E-state index contributed by atoms with van der Waals surface area (Å²) in [6.45, 7) is 1.78. The normalized spacial score (nSPS) is 15.6. The van der Waals surface area contributed by atoms with Gasteiger partial charge in [0.1, 0.15) is 0 Å². The molecule has 1 aromatic rings. The van der Waals surface area contributed by atoms with Gasteiger partial charge in [0.15, 0.2) is 0 Å². The Bertz CT molecular complexity index is 482. The minimum atomic E-state index is -0.518. The number of aryl methyl sites for hydroxylation is 1. The highest BCUT2D eigenvalue weighted by atomic mass is 16.3. The molecule has 1 aliphatic heterocycles. The Morgan fingerprint density at radius 1 is 1.18 bits per heavy atom. The summed E-state index contributed by atoms with van der Waals surface area (Å²) in [5, 5.41) is 11.8. The van der Waals surface area contributed by atoms with E-state index in [0.717, 1.165) is 25.7 Å². The number of rotatable bonds is 5. The molecule has 0 aliphatic carbocycles. The summed E-state index contributed by atoms with van der Waals surface area (Å²) in [7, 11) is 0. The topological polar surface area (TPSA) is 69.6 Å². The molecule has 1 saturated heterocycles. The molecule has 1 fully saturated rings. The lowest BCUT2D eigenvalue weighted by Gasteiger charge is -2.30. The number of piperidine rings is 1. The zero-order valence-corrected chi connectivity index (χ0v) is 12.8. The van der Waals surface area contributed by atoms with E-state index in [1.165, 1.54) is 5.56 Å². The Hall–Kier alpha value is -1.88. The predicted molar refractivity (Wildman–Crippen MR) is 84.2 cm³/mol. The number of aliphatic hydroxyl groups excluding tert-OH is 1.